The molecule has 1 aliphatic carbocycles. The van der Waals surface area contributed by atoms with E-state index >= 15 is 0 Å². The third kappa shape index (κ3) is 4.55. The molecule has 0 radical (unpaired) electrons. The van der Waals surface area contributed by atoms with Gasteiger partial charge in [0.15, 0.2) is 0 Å². The molecule has 0 amide bonds. The summed E-state index contributed by atoms with van der Waals surface area (Å²) in [5.41, 5.74) is 4.61. The minimum absolute atomic E-state index is 0.0943. The molecule has 0 aromatic heterocycles. The summed E-state index contributed by atoms with van der Waals surface area (Å²) in [5, 5.41) is 9.78. The van der Waals surface area contributed by atoms with E-state index in [9.17, 15) is 4.39 Å². The Balaban J connectivity index is 1.59. The van der Waals surface area contributed by atoms with Crippen LogP contribution in [0.25, 0.3) is 0 Å². The van der Waals surface area contributed by atoms with Gasteiger partial charge in [-0.3, -0.25) is 15.1 Å². The molecular formula is C18H30FN5O. The highest BCUT2D eigenvalue weighted by Crippen LogP contribution is 2.40. The number of nitrogens with one attached hydrogen (secondary N) is 4. The zero-order valence-corrected chi connectivity index (χ0v) is 15.3. The Kier molecular flexibility index (Phi) is 6.38. The van der Waals surface area contributed by atoms with Gasteiger partial charge < -0.3 is 10.6 Å². The van der Waals surface area contributed by atoms with Crippen molar-refractivity contribution in [1.82, 2.24) is 26.3 Å². The van der Waals surface area contributed by atoms with E-state index in [-0.39, 0.29) is 24.4 Å². The minimum Gasteiger partial charge on any atom is -0.314 e. The zero-order chi connectivity index (χ0) is 17.8. The maximum atomic E-state index is 14.5. The first-order valence-corrected chi connectivity index (χ1v) is 9.16. The van der Waals surface area contributed by atoms with Crippen molar-refractivity contribution >= 4 is 0 Å². The Bertz CT molecular complexity index is 568. The summed E-state index contributed by atoms with van der Waals surface area (Å²) in [7, 11) is 3.92. The van der Waals surface area contributed by atoms with Gasteiger partial charge in [0.2, 0.25) is 0 Å². The van der Waals surface area contributed by atoms with Crippen LogP contribution in [0.1, 0.15) is 37.1 Å². The molecule has 3 unspecified atom stereocenters. The third-order valence-corrected chi connectivity index (χ3v) is 5.01. The highest BCUT2D eigenvalue weighted by molar-refractivity contribution is 5.27. The summed E-state index contributed by atoms with van der Waals surface area (Å²) in [5.74, 6) is 0.416. The van der Waals surface area contributed by atoms with Crippen LogP contribution in [0.3, 0.4) is 0 Å². The van der Waals surface area contributed by atoms with Crippen LogP contribution in [-0.2, 0) is 11.4 Å². The molecule has 2 fully saturated rings. The van der Waals surface area contributed by atoms with Crippen molar-refractivity contribution in [3.63, 3.8) is 0 Å². The Hall–Kier alpha value is -1.09. The number of nitrogens with zero attached hydrogens (tertiary/aromatic N) is 1. The lowest BCUT2D eigenvalue weighted by Crippen LogP contribution is -2.47. The second-order valence-electron chi connectivity index (χ2n) is 6.91. The van der Waals surface area contributed by atoms with Crippen molar-refractivity contribution in [2.45, 2.75) is 44.9 Å². The molecule has 2 aliphatic rings. The van der Waals surface area contributed by atoms with E-state index in [2.05, 4.69) is 33.3 Å². The van der Waals surface area contributed by atoms with Crippen molar-refractivity contribution in [2.24, 2.45) is 5.92 Å². The average molecular weight is 351 g/mol. The van der Waals surface area contributed by atoms with Gasteiger partial charge in [-0.2, -0.15) is 5.48 Å². The number of hydrogen-bond donors (Lipinski definition) is 4. The van der Waals surface area contributed by atoms with Crippen LogP contribution in [-0.4, -0.2) is 44.5 Å². The van der Waals surface area contributed by atoms with Crippen molar-refractivity contribution in [3.05, 3.63) is 35.1 Å². The average Bonchev–Trinajstić information content (AvgIpc) is 3.38. The second-order valence-corrected chi connectivity index (χ2v) is 6.91. The number of hydroxylamine groups is 1. The fourth-order valence-electron chi connectivity index (χ4n) is 3.24. The van der Waals surface area contributed by atoms with Gasteiger partial charge in [-0.05, 0) is 45.1 Å². The molecule has 1 saturated carbocycles. The standard InChI is InChI=1S/C18H30FN5O/c1-4-21-11-16(20-2)22-10-14-8-7-13(9-15(14)19)17-23-25-18(24(17)3)12-5-6-12/h7-9,12,16-18,20-23H,4-6,10-11H2,1-3H3. The molecule has 1 saturated heterocycles. The zero-order valence-electron chi connectivity index (χ0n) is 15.3. The molecule has 1 aromatic carbocycles. The Morgan fingerprint density at radius 1 is 1.40 bits per heavy atom. The number of hydrogen-bond acceptors (Lipinski definition) is 6. The predicted octanol–water partition coefficient (Wildman–Crippen LogP) is 1.27. The summed E-state index contributed by atoms with van der Waals surface area (Å²) in [4.78, 5) is 7.83. The van der Waals surface area contributed by atoms with Crippen LogP contribution in [0.2, 0.25) is 0 Å². The second kappa shape index (κ2) is 8.53. The molecule has 4 N–H and O–H groups in total. The smallest absolute Gasteiger partial charge is 0.136 e. The SMILES string of the molecule is CCNCC(NC)NCc1ccc(C2NOC(C3CC3)N2C)cc1F. The normalized spacial score (nSPS) is 25.4. The van der Waals surface area contributed by atoms with Gasteiger partial charge in [0, 0.05) is 24.6 Å². The molecule has 7 heteroatoms. The molecule has 3 atom stereocenters. The van der Waals surface area contributed by atoms with Gasteiger partial charge in [-0.1, -0.05) is 19.1 Å². The van der Waals surface area contributed by atoms with Crippen molar-refractivity contribution < 1.29 is 9.23 Å². The lowest BCUT2D eigenvalue weighted by Gasteiger charge is -2.22. The van der Waals surface area contributed by atoms with Gasteiger partial charge in [-0.15, -0.1) is 0 Å². The largest absolute Gasteiger partial charge is 0.314 e. The number of benzene rings is 1. The first-order valence-electron chi connectivity index (χ1n) is 9.16. The molecule has 25 heavy (non-hydrogen) atoms. The predicted molar refractivity (Wildman–Crippen MR) is 95.9 cm³/mol. The summed E-state index contributed by atoms with van der Waals surface area (Å²) in [6.07, 6.45) is 2.52. The first-order chi connectivity index (χ1) is 12.1. The van der Waals surface area contributed by atoms with Crippen molar-refractivity contribution in [2.75, 3.05) is 27.2 Å². The number of likely N-dealkylation sites (N-methyl/N-ethyl adjacent to an activating group) is 2. The highest BCUT2D eigenvalue weighted by Gasteiger charge is 2.42. The molecule has 1 aliphatic heterocycles. The monoisotopic (exact) mass is 351 g/mol. The molecule has 140 valence electrons. The van der Waals surface area contributed by atoms with Crippen LogP contribution < -0.4 is 21.4 Å². The number of rotatable bonds is 9. The van der Waals surface area contributed by atoms with Crippen LogP contribution in [0, 0.1) is 11.7 Å². The summed E-state index contributed by atoms with van der Waals surface area (Å²) in [6, 6.07) is 5.45. The molecule has 6 nitrogen and oxygen atoms in total. The summed E-state index contributed by atoms with van der Waals surface area (Å²) < 4.78 is 14.5. The van der Waals surface area contributed by atoms with E-state index in [1.54, 1.807) is 6.07 Å². The lowest BCUT2D eigenvalue weighted by atomic mass is 10.1. The van der Waals surface area contributed by atoms with E-state index in [1.165, 1.54) is 12.8 Å². The third-order valence-electron chi connectivity index (χ3n) is 5.01. The fourth-order valence-corrected chi connectivity index (χ4v) is 3.24. The maximum Gasteiger partial charge on any atom is 0.136 e. The van der Waals surface area contributed by atoms with Crippen molar-refractivity contribution in [1.29, 1.82) is 0 Å². The van der Waals surface area contributed by atoms with Crippen LogP contribution in [0.15, 0.2) is 18.2 Å². The van der Waals surface area contributed by atoms with Crippen LogP contribution >= 0.6 is 0 Å². The van der Waals surface area contributed by atoms with Gasteiger partial charge in [0.05, 0.1) is 6.17 Å². The van der Waals surface area contributed by atoms with Crippen LogP contribution in [0.4, 0.5) is 4.39 Å². The van der Waals surface area contributed by atoms with Gasteiger partial charge in [-0.25, -0.2) is 4.39 Å². The van der Waals surface area contributed by atoms with E-state index in [1.807, 2.05) is 26.2 Å². The quantitative estimate of drug-likeness (QED) is 0.503. The van der Waals surface area contributed by atoms with E-state index in [4.69, 9.17) is 4.84 Å². The first kappa shape index (κ1) is 18.7. The summed E-state index contributed by atoms with van der Waals surface area (Å²) >= 11 is 0. The van der Waals surface area contributed by atoms with E-state index in [0.29, 0.717) is 18.0 Å². The Labute approximate surface area is 149 Å². The molecule has 3 rings (SSSR count). The minimum atomic E-state index is -0.187. The fraction of sp³-hybridized carbons (Fsp3) is 0.667. The van der Waals surface area contributed by atoms with Crippen molar-refractivity contribution in [3.8, 4) is 0 Å². The van der Waals surface area contributed by atoms with Gasteiger partial charge in [0.1, 0.15) is 18.2 Å². The maximum absolute atomic E-state index is 14.5. The Morgan fingerprint density at radius 2 is 2.20 bits per heavy atom. The van der Waals surface area contributed by atoms with Gasteiger partial charge in [0.25, 0.3) is 0 Å². The molecule has 0 spiro atoms. The lowest BCUT2D eigenvalue weighted by molar-refractivity contribution is -0.0169. The molecular weight excluding hydrogens is 321 g/mol. The molecule has 1 heterocycles. The molecule has 1 aromatic rings. The summed E-state index contributed by atoms with van der Waals surface area (Å²) in [6.45, 7) is 4.26. The Morgan fingerprint density at radius 3 is 2.84 bits per heavy atom. The topological polar surface area (TPSA) is 60.6 Å². The number of halogens is 1. The van der Waals surface area contributed by atoms with E-state index in [0.717, 1.165) is 18.7 Å². The highest BCUT2D eigenvalue weighted by atomic mass is 19.1. The van der Waals surface area contributed by atoms with Crippen LogP contribution in [0.5, 0.6) is 0 Å². The van der Waals surface area contributed by atoms with E-state index < -0.39 is 0 Å². The molecule has 0 bridgehead atoms. The van der Waals surface area contributed by atoms with Gasteiger partial charge >= 0.3 is 0 Å².